The van der Waals surface area contributed by atoms with Crippen LogP contribution < -0.4 is 5.32 Å². The van der Waals surface area contributed by atoms with Gasteiger partial charge in [-0.1, -0.05) is 29.3 Å². The number of furan rings is 1. The van der Waals surface area contributed by atoms with Crippen LogP contribution in [0.5, 0.6) is 0 Å². The number of likely N-dealkylation sites (N-methyl/N-ethyl adjacent to an activating group) is 1. The van der Waals surface area contributed by atoms with Crippen LogP contribution in [-0.2, 0) is 21.7 Å². The highest BCUT2D eigenvalue weighted by molar-refractivity contribution is 6.42. The molecule has 9 heteroatoms. The zero-order valence-corrected chi connectivity index (χ0v) is 16.2. The second-order valence-corrected chi connectivity index (χ2v) is 7.22. The van der Waals surface area contributed by atoms with E-state index in [2.05, 4.69) is 5.32 Å². The number of carbonyl (C=O) groups excluding carboxylic acids is 3. The van der Waals surface area contributed by atoms with Crippen molar-refractivity contribution in [3.8, 4) is 0 Å². The van der Waals surface area contributed by atoms with Crippen LogP contribution in [0, 0.1) is 0 Å². The van der Waals surface area contributed by atoms with Crippen molar-refractivity contribution in [2.75, 3.05) is 13.6 Å². The summed E-state index contributed by atoms with van der Waals surface area (Å²) in [7, 11) is 1.57. The highest BCUT2D eigenvalue weighted by Crippen LogP contribution is 2.33. The Balaban J connectivity index is 1.75. The van der Waals surface area contributed by atoms with Crippen LogP contribution in [0.4, 0.5) is 4.79 Å². The first-order valence-electron chi connectivity index (χ1n) is 8.08. The molecule has 0 saturated carbocycles. The minimum Gasteiger partial charge on any atom is -0.467 e. The fraction of sp³-hybridized carbons (Fsp3) is 0.278. The largest absolute Gasteiger partial charge is 0.467 e. The first-order valence-corrected chi connectivity index (χ1v) is 8.84. The van der Waals surface area contributed by atoms with Crippen molar-refractivity contribution in [2.45, 2.75) is 19.0 Å². The molecule has 1 saturated heterocycles. The normalized spacial score (nSPS) is 19.3. The molecule has 0 bridgehead atoms. The fourth-order valence-electron chi connectivity index (χ4n) is 2.82. The number of amides is 4. The number of benzene rings is 1. The van der Waals surface area contributed by atoms with Gasteiger partial charge in [0, 0.05) is 7.05 Å². The minimum absolute atomic E-state index is 0.236. The average molecular weight is 410 g/mol. The SMILES string of the molecule is CN(Cc1ccco1)C(=O)CN1C(=O)NC(C)(c2ccc(Cl)c(Cl)c2)C1=O. The topological polar surface area (TPSA) is 82.9 Å². The average Bonchev–Trinajstić information content (AvgIpc) is 3.20. The van der Waals surface area contributed by atoms with Crippen molar-refractivity contribution >= 4 is 41.0 Å². The maximum absolute atomic E-state index is 12.9. The number of halogens is 2. The van der Waals surface area contributed by atoms with Gasteiger partial charge < -0.3 is 14.6 Å². The number of carbonyl (C=O) groups is 3. The Labute approximate surface area is 165 Å². The monoisotopic (exact) mass is 409 g/mol. The van der Waals surface area contributed by atoms with Gasteiger partial charge in [-0.15, -0.1) is 0 Å². The molecule has 0 aliphatic carbocycles. The number of rotatable bonds is 5. The minimum atomic E-state index is -1.33. The van der Waals surface area contributed by atoms with Crippen LogP contribution in [-0.4, -0.2) is 41.2 Å². The van der Waals surface area contributed by atoms with Gasteiger partial charge in [0.05, 0.1) is 22.9 Å². The maximum Gasteiger partial charge on any atom is 0.325 e. The van der Waals surface area contributed by atoms with Gasteiger partial charge in [0.25, 0.3) is 5.91 Å². The molecule has 7 nitrogen and oxygen atoms in total. The molecular weight excluding hydrogens is 393 g/mol. The summed E-state index contributed by atoms with van der Waals surface area (Å²) in [4.78, 5) is 39.9. The number of nitrogens with one attached hydrogen (secondary N) is 1. The molecule has 142 valence electrons. The van der Waals surface area contributed by atoms with E-state index in [1.807, 2.05) is 0 Å². The third-order valence-electron chi connectivity index (χ3n) is 4.46. The highest BCUT2D eigenvalue weighted by Gasteiger charge is 2.49. The first kappa shape index (κ1) is 19.3. The van der Waals surface area contributed by atoms with E-state index in [1.165, 1.54) is 17.2 Å². The molecule has 3 rings (SSSR count). The molecule has 1 aromatic carbocycles. The number of hydrogen-bond donors (Lipinski definition) is 1. The van der Waals surface area contributed by atoms with Gasteiger partial charge in [-0.3, -0.25) is 14.5 Å². The molecule has 1 aliphatic heterocycles. The maximum atomic E-state index is 12.9. The van der Waals surface area contributed by atoms with E-state index >= 15 is 0 Å². The summed E-state index contributed by atoms with van der Waals surface area (Å²) in [5.74, 6) is -0.331. The zero-order chi connectivity index (χ0) is 19.8. The third kappa shape index (κ3) is 3.65. The molecule has 1 aromatic heterocycles. The summed E-state index contributed by atoms with van der Waals surface area (Å²) >= 11 is 11.9. The molecule has 1 unspecified atom stereocenters. The number of imide groups is 1. The predicted octanol–water partition coefficient (Wildman–Crippen LogP) is 3.01. The van der Waals surface area contributed by atoms with Crippen LogP contribution in [0.1, 0.15) is 18.2 Å². The lowest BCUT2D eigenvalue weighted by Crippen LogP contribution is -2.43. The van der Waals surface area contributed by atoms with Crippen molar-refractivity contribution in [3.05, 3.63) is 58.0 Å². The molecule has 27 heavy (non-hydrogen) atoms. The van der Waals surface area contributed by atoms with Crippen molar-refractivity contribution in [3.63, 3.8) is 0 Å². The van der Waals surface area contributed by atoms with Crippen LogP contribution >= 0.6 is 23.2 Å². The van der Waals surface area contributed by atoms with Gasteiger partial charge in [-0.25, -0.2) is 4.79 Å². The van der Waals surface area contributed by atoms with Crippen LogP contribution in [0.3, 0.4) is 0 Å². The summed E-state index contributed by atoms with van der Waals surface area (Å²) in [6.45, 7) is 1.42. The Morgan fingerprint density at radius 1 is 1.26 bits per heavy atom. The molecule has 1 aliphatic rings. The van der Waals surface area contributed by atoms with Gasteiger partial charge in [0.1, 0.15) is 17.8 Å². The van der Waals surface area contributed by atoms with E-state index in [-0.39, 0.29) is 18.1 Å². The third-order valence-corrected chi connectivity index (χ3v) is 5.20. The lowest BCUT2D eigenvalue weighted by atomic mass is 9.92. The fourth-order valence-corrected chi connectivity index (χ4v) is 3.12. The Kier molecular flexibility index (Phi) is 5.17. The van der Waals surface area contributed by atoms with Crippen molar-refractivity contribution < 1.29 is 18.8 Å². The Morgan fingerprint density at radius 2 is 2.00 bits per heavy atom. The van der Waals surface area contributed by atoms with Gasteiger partial charge in [0.2, 0.25) is 5.91 Å². The molecule has 4 amide bonds. The van der Waals surface area contributed by atoms with E-state index in [1.54, 1.807) is 38.2 Å². The van der Waals surface area contributed by atoms with Crippen molar-refractivity contribution in [1.29, 1.82) is 0 Å². The second kappa shape index (κ2) is 7.25. The first-order chi connectivity index (χ1) is 12.7. The highest BCUT2D eigenvalue weighted by atomic mass is 35.5. The van der Waals surface area contributed by atoms with Crippen molar-refractivity contribution in [2.24, 2.45) is 0 Å². The van der Waals surface area contributed by atoms with Crippen LogP contribution in [0.25, 0.3) is 0 Å². The van der Waals surface area contributed by atoms with Gasteiger partial charge in [-0.05, 0) is 36.8 Å². The predicted molar refractivity (Wildman–Crippen MR) is 99.2 cm³/mol. The molecule has 1 N–H and O–H groups in total. The summed E-state index contributed by atoms with van der Waals surface area (Å²) in [5, 5.41) is 3.24. The quantitative estimate of drug-likeness (QED) is 0.769. The summed E-state index contributed by atoms with van der Waals surface area (Å²) in [6, 6.07) is 7.49. The molecule has 0 spiro atoms. The molecule has 2 heterocycles. The smallest absolute Gasteiger partial charge is 0.325 e. The Morgan fingerprint density at radius 3 is 2.63 bits per heavy atom. The van der Waals surface area contributed by atoms with E-state index in [0.717, 1.165) is 4.90 Å². The Bertz CT molecular complexity index is 900. The molecular formula is C18H17Cl2N3O4. The van der Waals surface area contributed by atoms with Gasteiger partial charge in [-0.2, -0.15) is 0 Å². The van der Waals surface area contributed by atoms with Crippen LogP contribution in [0.2, 0.25) is 10.0 Å². The van der Waals surface area contributed by atoms with E-state index in [0.29, 0.717) is 16.3 Å². The van der Waals surface area contributed by atoms with Gasteiger partial charge in [0.15, 0.2) is 0 Å². The zero-order valence-electron chi connectivity index (χ0n) is 14.7. The lowest BCUT2D eigenvalue weighted by molar-refractivity contribution is -0.138. The summed E-state index contributed by atoms with van der Waals surface area (Å²) in [6.07, 6.45) is 1.51. The second-order valence-electron chi connectivity index (χ2n) is 6.40. The van der Waals surface area contributed by atoms with Gasteiger partial charge >= 0.3 is 6.03 Å². The standard InChI is InChI=1S/C18H17Cl2N3O4/c1-18(11-5-6-13(19)14(20)8-11)16(25)23(17(26)21-18)10-15(24)22(2)9-12-4-3-7-27-12/h3-8H,9-10H2,1-2H3,(H,21,26). The van der Waals surface area contributed by atoms with Crippen molar-refractivity contribution in [1.82, 2.24) is 15.1 Å². The molecule has 1 atom stereocenters. The Hall–Kier alpha value is -2.51. The lowest BCUT2D eigenvalue weighted by Gasteiger charge is -2.23. The van der Waals surface area contributed by atoms with E-state index in [4.69, 9.17) is 27.6 Å². The number of hydrogen-bond acceptors (Lipinski definition) is 4. The van der Waals surface area contributed by atoms with E-state index < -0.39 is 23.4 Å². The summed E-state index contributed by atoms with van der Waals surface area (Å²) in [5.41, 5.74) is -0.848. The van der Waals surface area contributed by atoms with Crippen LogP contribution in [0.15, 0.2) is 41.0 Å². The molecule has 1 fully saturated rings. The number of urea groups is 1. The molecule has 2 aromatic rings. The molecule has 0 radical (unpaired) electrons. The van der Waals surface area contributed by atoms with E-state index in [9.17, 15) is 14.4 Å². The number of nitrogens with zero attached hydrogens (tertiary/aromatic N) is 2. The summed E-state index contributed by atoms with van der Waals surface area (Å²) < 4.78 is 5.20.